The highest BCUT2D eigenvalue weighted by Crippen LogP contribution is 2.26. The standard InChI is InChI=1S/C18H18N2O/c1-13-3-6-17(18(9-13)21-2)20-11-14-4-5-16-12-19-8-7-15(16)10-14/h3-10,12,20H,11H2,1-2H3. The van der Waals surface area contributed by atoms with Crippen LogP contribution in [0.25, 0.3) is 10.8 Å². The normalized spacial score (nSPS) is 10.6. The third kappa shape index (κ3) is 2.97. The first-order valence-electron chi connectivity index (χ1n) is 6.97. The van der Waals surface area contributed by atoms with Crippen LogP contribution in [0.1, 0.15) is 11.1 Å². The van der Waals surface area contributed by atoms with Gasteiger partial charge in [-0.25, -0.2) is 0 Å². The Balaban J connectivity index is 1.80. The molecule has 106 valence electrons. The molecule has 3 aromatic rings. The highest BCUT2D eigenvalue weighted by atomic mass is 16.5. The number of ether oxygens (including phenoxy) is 1. The largest absolute Gasteiger partial charge is 0.495 e. The van der Waals surface area contributed by atoms with Gasteiger partial charge in [0.15, 0.2) is 0 Å². The van der Waals surface area contributed by atoms with Crippen molar-refractivity contribution >= 4 is 16.5 Å². The van der Waals surface area contributed by atoms with E-state index < -0.39 is 0 Å². The van der Waals surface area contributed by atoms with E-state index in [0.29, 0.717) is 0 Å². The van der Waals surface area contributed by atoms with Crippen molar-refractivity contribution in [2.75, 3.05) is 12.4 Å². The SMILES string of the molecule is COc1cc(C)ccc1NCc1ccc2cnccc2c1. The number of rotatable bonds is 4. The van der Waals surface area contributed by atoms with Crippen molar-refractivity contribution < 1.29 is 4.74 Å². The Bertz CT molecular complexity index is 768. The molecular formula is C18H18N2O. The van der Waals surface area contributed by atoms with Gasteiger partial charge in [0.05, 0.1) is 12.8 Å². The average Bonchev–Trinajstić information content (AvgIpc) is 2.53. The number of methoxy groups -OCH3 is 1. The number of nitrogens with zero attached hydrogens (tertiary/aromatic N) is 1. The molecule has 0 bridgehead atoms. The molecule has 0 saturated heterocycles. The Morgan fingerprint density at radius 1 is 1.05 bits per heavy atom. The number of aromatic nitrogens is 1. The molecule has 0 amide bonds. The smallest absolute Gasteiger partial charge is 0.142 e. The number of hydrogen-bond acceptors (Lipinski definition) is 3. The number of anilines is 1. The average molecular weight is 278 g/mol. The lowest BCUT2D eigenvalue weighted by atomic mass is 10.1. The Morgan fingerprint density at radius 2 is 1.95 bits per heavy atom. The van der Waals surface area contributed by atoms with Crippen LogP contribution < -0.4 is 10.1 Å². The fourth-order valence-electron chi connectivity index (χ4n) is 2.38. The molecule has 0 aliphatic heterocycles. The zero-order valence-electron chi connectivity index (χ0n) is 12.3. The predicted molar refractivity (Wildman–Crippen MR) is 86.8 cm³/mol. The fraction of sp³-hybridized carbons (Fsp3) is 0.167. The van der Waals surface area contributed by atoms with Gasteiger partial charge in [-0.2, -0.15) is 0 Å². The van der Waals surface area contributed by atoms with Crippen molar-refractivity contribution in [2.24, 2.45) is 0 Å². The van der Waals surface area contributed by atoms with E-state index in [4.69, 9.17) is 4.74 Å². The molecule has 0 saturated carbocycles. The van der Waals surface area contributed by atoms with E-state index in [1.54, 1.807) is 7.11 Å². The molecule has 0 fully saturated rings. The van der Waals surface area contributed by atoms with Gasteiger partial charge in [0, 0.05) is 24.3 Å². The molecule has 0 atom stereocenters. The summed E-state index contributed by atoms with van der Waals surface area (Å²) < 4.78 is 5.41. The van der Waals surface area contributed by atoms with Crippen LogP contribution in [0.4, 0.5) is 5.69 Å². The number of hydrogen-bond donors (Lipinski definition) is 1. The summed E-state index contributed by atoms with van der Waals surface area (Å²) in [5.41, 5.74) is 3.44. The van der Waals surface area contributed by atoms with Gasteiger partial charge in [-0.15, -0.1) is 0 Å². The Kier molecular flexibility index (Phi) is 3.73. The Morgan fingerprint density at radius 3 is 2.81 bits per heavy atom. The number of benzene rings is 2. The van der Waals surface area contributed by atoms with Crippen molar-refractivity contribution in [1.29, 1.82) is 0 Å². The molecule has 2 aromatic carbocycles. The summed E-state index contributed by atoms with van der Waals surface area (Å²) in [6.45, 7) is 2.82. The molecule has 0 aliphatic carbocycles. The third-order valence-corrected chi connectivity index (χ3v) is 3.54. The summed E-state index contributed by atoms with van der Waals surface area (Å²) in [6.07, 6.45) is 3.71. The fourth-order valence-corrected chi connectivity index (χ4v) is 2.38. The van der Waals surface area contributed by atoms with Crippen molar-refractivity contribution in [3.8, 4) is 5.75 Å². The van der Waals surface area contributed by atoms with E-state index in [1.807, 2.05) is 24.5 Å². The number of fused-ring (bicyclic) bond motifs is 1. The molecule has 3 rings (SSSR count). The maximum atomic E-state index is 5.41. The van der Waals surface area contributed by atoms with Gasteiger partial charge < -0.3 is 10.1 Å². The van der Waals surface area contributed by atoms with E-state index in [-0.39, 0.29) is 0 Å². The lowest BCUT2D eigenvalue weighted by molar-refractivity contribution is 0.416. The molecule has 1 aromatic heterocycles. The van der Waals surface area contributed by atoms with E-state index in [0.717, 1.165) is 23.4 Å². The molecule has 1 heterocycles. The number of pyridine rings is 1. The van der Waals surface area contributed by atoms with E-state index in [1.165, 1.54) is 16.5 Å². The van der Waals surface area contributed by atoms with Crippen molar-refractivity contribution in [3.05, 3.63) is 66.0 Å². The van der Waals surface area contributed by atoms with E-state index in [9.17, 15) is 0 Å². The summed E-state index contributed by atoms with van der Waals surface area (Å²) in [6, 6.07) is 14.6. The summed E-state index contributed by atoms with van der Waals surface area (Å²) >= 11 is 0. The summed E-state index contributed by atoms with van der Waals surface area (Å²) in [7, 11) is 1.70. The second-order valence-electron chi connectivity index (χ2n) is 5.11. The minimum atomic E-state index is 0.762. The Hall–Kier alpha value is -2.55. The molecule has 0 aliphatic rings. The topological polar surface area (TPSA) is 34.1 Å². The summed E-state index contributed by atoms with van der Waals surface area (Å²) in [5.74, 6) is 0.875. The molecule has 1 N–H and O–H groups in total. The lowest BCUT2D eigenvalue weighted by Gasteiger charge is -2.12. The molecule has 3 heteroatoms. The van der Waals surface area contributed by atoms with Gasteiger partial charge in [-0.05, 0) is 47.7 Å². The summed E-state index contributed by atoms with van der Waals surface area (Å²) in [5, 5.41) is 5.80. The van der Waals surface area contributed by atoms with Crippen molar-refractivity contribution in [3.63, 3.8) is 0 Å². The molecular weight excluding hydrogens is 260 g/mol. The van der Waals surface area contributed by atoms with Gasteiger partial charge in [0.2, 0.25) is 0 Å². The minimum Gasteiger partial charge on any atom is -0.495 e. The van der Waals surface area contributed by atoms with E-state index >= 15 is 0 Å². The van der Waals surface area contributed by atoms with E-state index in [2.05, 4.69) is 47.6 Å². The maximum absolute atomic E-state index is 5.41. The zero-order chi connectivity index (χ0) is 14.7. The van der Waals surface area contributed by atoms with Gasteiger partial charge in [-0.1, -0.05) is 18.2 Å². The second-order valence-corrected chi connectivity index (χ2v) is 5.11. The first-order chi connectivity index (χ1) is 10.3. The molecule has 0 spiro atoms. The van der Waals surface area contributed by atoms with Crippen LogP contribution in [-0.2, 0) is 6.54 Å². The van der Waals surface area contributed by atoms with Gasteiger partial charge in [0.25, 0.3) is 0 Å². The van der Waals surface area contributed by atoms with Crippen LogP contribution in [0.2, 0.25) is 0 Å². The van der Waals surface area contributed by atoms with Gasteiger partial charge in [-0.3, -0.25) is 4.98 Å². The third-order valence-electron chi connectivity index (χ3n) is 3.54. The quantitative estimate of drug-likeness (QED) is 0.778. The first kappa shape index (κ1) is 13.4. The highest BCUT2D eigenvalue weighted by Gasteiger charge is 2.03. The predicted octanol–water partition coefficient (Wildman–Crippen LogP) is 4.16. The van der Waals surface area contributed by atoms with Crippen LogP contribution in [0.15, 0.2) is 54.9 Å². The highest BCUT2D eigenvalue weighted by molar-refractivity contribution is 5.82. The second kappa shape index (κ2) is 5.83. The van der Waals surface area contributed by atoms with Crippen molar-refractivity contribution in [1.82, 2.24) is 4.98 Å². The van der Waals surface area contributed by atoms with Gasteiger partial charge >= 0.3 is 0 Å². The first-order valence-corrected chi connectivity index (χ1v) is 6.97. The number of aryl methyl sites for hydroxylation is 1. The number of nitrogens with one attached hydrogen (secondary N) is 1. The van der Waals surface area contributed by atoms with Crippen LogP contribution in [-0.4, -0.2) is 12.1 Å². The zero-order valence-corrected chi connectivity index (χ0v) is 12.3. The summed E-state index contributed by atoms with van der Waals surface area (Å²) in [4.78, 5) is 4.13. The monoisotopic (exact) mass is 278 g/mol. The molecule has 0 radical (unpaired) electrons. The molecule has 0 unspecified atom stereocenters. The van der Waals surface area contributed by atoms with Crippen LogP contribution in [0.3, 0.4) is 0 Å². The van der Waals surface area contributed by atoms with Crippen LogP contribution in [0.5, 0.6) is 5.75 Å². The maximum Gasteiger partial charge on any atom is 0.142 e. The minimum absolute atomic E-state index is 0.762. The Labute approximate surface area is 124 Å². The molecule has 3 nitrogen and oxygen atoms in total. The van der Waals surface area contributed by atoms with Gasteiger partial charge in [0.1, 0.15) is 5.75 Å². The van der Waals surface area contributed by atoms with Crippen molar-refractivity contribution in [2.45, 2.75) is 13.5 Å². The lowest BCUT2D eigenvalue weighted by Crippen LogP contribution is -2.01. The van der Waals surface area contributed by atoms with Crippen LogP contribution >= 0.6 is 0 Å². The molecule has 21 heavy (non-hydrogen) atoms. The van der Waals surface area contributed by atoms with Crippen LogP contribution in [0, 0.1) is 6.92 Å².